The van der Waals surface area contributed by atoms with E-state index in [2.05, 4.69) is 27.8 Å². The smallest absolute Gasteiger partial charge is 0.0645 e. The van der Waals surface area contributed by atoms with Crippen LogP contribution in [0.5, 0.6) is 0 Å². The van der Waals surface area contributed by atoms with Crippen LogP contribution in [0.1, 0.15) is 12.8 Å². The highest BCUT2D eigenvalue weighted by Crippen LogP contribution is 1.83. The molecule has 0 atom stereocenters. The molecule has 0 aliphatic rings. The van der Waals surface area contributed by atoms with Crippen LogP contribution in [0.2, 0.25) is 0 Å². The summed E-state index contributed by atoms with van der Waals surface area (Å²) in [6.45, 7) is 0.247. The van der Waals surface area contributed by atoms with Gasteiger partial charge in [0.1, 0.15) is 0 Å². The number of aliphatic hydroxyl groups is 1. The van der Waals surface area contributed by atoms with E-state index in [0.29, 0.717) is 0 Å². The molecule has 0 aliphatic carbocycles. The standard InChI is InChI=1S/C6H9BrO/c7-5-3-1-2-4-6-8/h8H,2,4-6H2. The van der Waals surface area contributed by atoms with Crippen LogP contribution < -0.4 is 0 Å². The molecule has 0 aromatic carbocycles. The average molecular weight is 177 g/mol. The van der Waals surface area contributed by atoms with Crippen molar-refractivity contribution in [2.45, 2.75) is 12.8 Å². The normalized spacial score (nSPS) is 7.75. The second-order valence-electron chi connectivity index (χ2n) is 1.31. The Morgan fingerprint density at radius 1 is 1.38 bits per heavy atom. The Labute approximate surface area is 58.2 Å². The molecule has 1 nitrogen and oxygen atoms in total. The highest BCUT2D eigenvalue weighted by atomic mass is 79.9. The Balaban J connectivity index is 2.90. The van der Waals surface area contributed by atoms with Crippen LogP contribution in [-0.4, -0.2) is 17.0 Å². The zero-order valence-corrected chi connectivity index (χ0v) is 6.24. The van der Waals surface area contributed by atoms with Gasteiger partial charge in [-0.25, -0.2) is 0 Å². The number of alkyl halides is 1. The summed E-state index contributed by atoms with van der Waals surface area (Å²) in [5.41, 5.74) is 0. The maximum Gasteiger partial charge on any atom is 0.0645 e. The van der Waals surface area contributed by atoms with Crippen molar-refractivity contribution in [2.75, 3.05) is 11.9 Å². The van der Waals surface area contributed by atoms with E-state index in [1.54, 1.807) is 0 Å². The fourth-order valence-corrected chi connectivity index (χ4v) is 0.501. The lowest BCUT2D eigenvalue weighted by atomic mass is 10.3. The third-order valence-electron chi connectivity index (χ3n) is 0.652. The van der Waals surface area contributed by atoms with Crippen molar-refractivity contribution in [3.05, 3.63) is 0 Å². The summed E-state index contributed by atoms with van der Waals surface area (Å²) in [4.78, 5) is 0. The second kappa shape index (κ2) is 7.00. The van der Waals surface area contributed by atoms with Gasteiger partial charge in [-0.2, -0.15) is 0 Å². The van der Waals surface area contributed by atoms with Crippen LogP contribution >= 0.6 is 15.9 Å². The van der Waals surface area contributed by atoms with E-state index in [4.69, 9.17) is 5.11 Å². The maximum atomic E-state index is 8.29. The minimum Gasteiger partial charge on any atom is -0.396 e. The fraction of sp³-hybridized carbons (Fsp3) is 0.667. The Hall–Kier alpha value is 0. The lowest BCUT2D eigenvalue weighted by Crippen LogP contribution is -1.78. The molecule has 0 aromatic rings. The summed E-state index contributed by atoms with van der Waals surface area (Å²) in [7, 11) is 0. The largest absolute Gasteiger partial charge is 0.396 e. The molecule has 0 fully saturated rings. The molecule has 0 aliphatic heterocycles. The van der Waals surface area contributed by atoms with Crippen LogP contribution in [0.4, 0.5) is 0 Å². The van der Waals surface area contributed by atoms with E-state index in [1.807, 2.05) is 0 Å². The maximum absolute atomic E-state index is 8.29. The van der Waals surface area contributed by atoms with E-state index in [0.717, 1.165) is 18.2 Å². The molecule has 0 heterocycles. The molecule has 0 saturated carbocycles. The lowest BCUT2D eigenvalue weighted by Gasteiger charge is -1.81. The number of rotatable bonds is 2. The monoisotopic (exact) mass is 176 g/mol. The first-order valence-corrected chi connectivity index (χ1v) is 3.66. The molecule has 1 N–H and O–H groups in total. The quantitative estimate of drug-likeness (QED) is 0.381. The summed E-state index contributed by atoms with van der Waals surface area (Å²) in [6, 6.07) is 0. The SMILES string of the molecule is OCCCC#CCBr. The van der Waals surface area contributed by atoms with Gasteiger partial charge in [-0.3, -0.25) is 0 Å². The minimum absolute atomic E-state index is 0.247. The zero-order valence-electron chi connectivity index (χ0n) is 4.65. The Morgan fingerprint density at radius 3 is 2.62 bits per heavy atom. The molecular weight excluding hydrogens is 168 g/mol. The third kappa shape index (κ3) is 6.00. The van der Waals surface area contributed by atoms with Gasteiger partial charge in [0, 0.05) is 13.0 Å². The summed E-state index contributed by atoms with van der Waals surface area (Å²) in [6.07, 6.45) is 1.60. The number of hydrogen-bond acceptors (Lipinski definition) is 1. The van der Waals surface area contributed by atoms with Gasteiger partial charge in [-0.05, 0) is 6.42 Å². The predicted octanol–water partition coefficient (Wildman–Crippen LogP) is 1.16. The Kier molecular flexibility index (Phi) is 7.00. The van der Waals surface area contributed by atoms with E-state index < -0.39 is 0 Å². The summed E-state index contributed by atoms with van der Waals surface area (Å²) < 4.78 is 0. The van der Waals surface area contributed by atoms with Gasteiger partial charge in [0.05, 0.1) is 5.33 Å². The lowest BCUT2D eigenvalue weighted by molar-refractivity contribution is 0.290. The molecule has 8 heavy (non-hydrogen) atoms. The van der Waals surface area contributed by atoms with Gasteiger partial charge in [-0.15, -0.1) is 5.92 Å². The van der Waals surface area contributed by atoms with Gasteiger partial charge in [0.2, 0.25) is 0 Å². The van der Waals surface area contributed by atoms with Crippen molar-refractivity contribution in [1.29, 1.82) is 0 Å². The second-order valence-corrected chi connectivity index (χ2v) is 1.88. The third-order valence-corrected chi connectivity index (χ3v) is 0.932. The summed E-state index contributed by atoms with van der Waals surface area (Å²) in [5, 5.41) is 9.02. The molecular formula is C6H9BrO. The molecule has 0 bridgehead atoms. The van der Waals surface area contributed by atoms with Gasteiger partial charge in [0.25, 0.3) is 0 Å². The van der Waals surface area contributed by atoms with Crippen molar-refractivity contribution >= 4 is 15.9 Å². The Bertz CT molecular complexity index is 90.4. The zero-order chi connectivity index (χ0) is 6.24. The van der Waals surface area contributed by atoms with Crippen molar-refractivity contribution in [3.63, 3.8) is 0 Å². The number of unbranched alkanes of at least 4 members (excludes halogenated alkanes) is 1. The van der Waals surface area contributed by atoms with Crippen LogP contribution in [-0.2, 0) is 0 Å². The first-order valence-electron chi connectivity index (χ1n) is 2.54. The number of halogens is 1. The van der Waals surface area contributed by atoms with Crippen LogP contribution in [0, 0.1) is 11.8 Å². The highest BCUT2D eigenvalue weighted by molar-refractivity contribution is 9.09. The van der Waals surface area contributed by atoms with Gasteiger partial charge < -0.3 is 5.11 Å². The van der Waals surface area contributed by atoms with E-state index >= 15 is 0 Å². The highest BCUT2D eigenvalue weighted by Gasteiger charge is 1.74. The van der Waals surface area contributed by atoms with Crippen molar-refractivity contribution in [3.8, 4) is 11.8 Å². The van der Waals surface area contributed by atoms with Crippen LogP contribution in [0.15, 0.2) is 0 Å². The van der Waals surface area contributed by atoms with Crippen molar-refractivity contribution in [1.82, 2.24) is 0 Å². The van der Waals surface area contributed by atoms with Crippen molar-refractivity contribution in [2.24, 2.45) is 0 Å². The van der Waals surface area contributed by atoms with Gasteiger partial charge in [-0.1, -0.05) is 21.9 Å². The molecule has 0 saturated heterocycles. The molecule has 0 radical (unpaired) electrons. The molecule has 46 valence electrons. The average Bonchev–Trinajstić information content (AvgIpc) is 1.81. The van der Waals surface area contributed by atoms with E-state index in [1.165, 1.54) is 0 Å². The fourth-order valence-electron chi connectivity index (χ4n) is 0.303. The molecule has 0 spiro atoms. The summed E-state index contributed by atoms with van der Waals surface area (Å²) in [5.74, 6) is 5.72. The number of aliphatic hydroxyl groups excluding tert-OH is 1. The molecule has 0 unspecified atom stereocenters. The van der Waals surface area contributed by atoms with E-state index in [-0.39, 0.29) is 6.61 Å². The molecule has 0 amide bonds. The van der Waals surface area contributed by atoms with Crippen LogP contribution in [0.3, 0.4) is 0 Å². The number of hydrogen-bond donors (Lipinski definition) is 1. The predicted molar refractivity (Wildman–Crippen MR) is 37.9 cm³/mol. The first-order chi connectivity index (χ1) is 3.91. The first kappa shape index (κ1) is 8.00. The molecule has 2 heteroatoms. The Morgan fingerprint density at radius 2 is 2.12 bits per heavy atom. The minimum atomic E-state index is 0.247. The van der Waals surface area contributed by atoms with Gasteiger partial charge >= 0.3 is 0 Å². The van der Waals surface area contributed by atoms with E-state index in [9.17, 15) is 0 Å². The van der Waals surface area contributed by atoms with Crippen molar-refractivity contribution < 1.29 is 5.11 Å². The summed E-state index contributed by atoms with van der Waals surface area (Å²) >= 11 is 3.17. The topological polar surface area (TPSA) is 20.2 Å². The van der Waals surface area contributed by atoms with Gasteiger partial charge in [0.15, 0.2) is 0 Å². The molecule has 0 rings (SSSR count). The van der Waals surface area contributed by atoms with Crippen LogP contribution in [0.25, 0.3) is 0 Å². The molecule has 0 aromatic heterocycles.